The molecule has 3 unspecified atom stereocenters. The largest absolute Gasteiger partial charge is 0.492 e. The van der Waals surface area contributed by atoms with Crippen molar-refractivity contribution in [3.63, 3.8) is 0 Å². The smallest absolute Gasteiger partial charge is 0.129 e. The Kier molecular flexibility index (Phi) is 10.5. The summed E-state index contributed by atoms with van der Waals surface area (Å²) in [5.74, 6) is 4.55. The molecule has 222 valence electrons. The Hall–Kier alpha value is -3.65. The lowest BCUT2D eigenvalue weighted by Crippen LogP contribution is -2.29. The van der Waals surface area contributed by atoms with Crippen LogP contribution in [-0.2, 0) is 4.74 Å². The summed E-state index contributed by atoms with van der Waals surface area (Å²) in [6, 6.07) is 9.26. The van der Waals surface area contributed by atoms with Crippen molar-refractivity contribution in [2.75, 3.05) is 6.61 Å². The van der Waals surface area contributed by atoms with Crippen molar-refractivity contribution in [3.8, 4) is 12.3 Å². The number of allylic oxidation sites excluding steroid dienone is 7. The number of nitrogens with zero attached hydrogens (tertiary/aromatic N) is 1. The van der Waals surface area contributed by atoms with Crippen LogP contribution >= 0.6 is 11.3 Å². The van der Waals surface area contributed by atoms with E-state index < -0.39 is 0 Å². The van der Waals surface area contributed by atoms with Crippen molar-refractivity contribution >= 4 is 46.7 Å². The summed E-state index contributed by atoms with van der Waals surface area (Å²) >= 11 is 1.70. The van der Waals surface area contributed by atoms with Gasteiger partial charge in [-0.1, -0.05) is 69.4 Å². The third-order valence-electron chi connectivity index (χ3n) is 8.52. The standard InChI is InChI=1S/C39H44N2OS/c1-5-7-8-12-31(10-6-2)37-18-19-41-39(37)32-17-16-30-15-14-27(3)20-33(23-34(30)22-32)35-24-38(43-26-35)28(4)42-25-29-11-9-13-36(40)21-29/h2,7-8,12,15-17,19-20,22-24,26-27,29,36H,4-5,9-11,13-14,18,21,25,40H2,1,3H3/b8-7-,30-15+,31-12+,33-20+,34-23-. The van der Waals surface area contributed by atoms with Crippen LogP contribution in [0.3, 0.4) is 0 Å². The van der Waals surface area contributed by atoms with Crippen LogP contribution in [0.4, 0.5) is 0 Å². The second kappa shape index (κ2) is 14.7. The molecule has 0 spiro atoms. The number of hydrogen-bond donors (Lipinski definition) is 1. The number of terminal acetylenes is 1. The second-order valence-corrected chi connectivity index (χ2v) is 12.9. The molecule has 1 aromatic carbocycles. The van der Waals surface area contributed by atoms with Crippen LogP contribution in [0.25, 0.3) is 29.2 Å². The van der Waals surface area contributed by atoms with E-state index in [4.69, 9.17) is 21.9 Å². The molecule has 2 heterocycles. The highest BCUT2D eigenvalue weighted by atomic mass is 32.1. The van der Waals surface area contributed by atoms with Crippen LogP contribution in [-0.4, -0.2) is 18.9 Å². The fourth-order valence-electron chi connectivity index (χ4n) is 6.15. The van der Waals surface area contributed by atoms with E-state index in [1.807, 2.05) is 6.21 Å². The van der Waals surface area contributed by atoms with Crippen molar-refractivity contribution in [3.05, 3.63) is 98.1 Å². The first-order chi connectivity index (χ1) is 20.9. The number of thiophene rings is 1. The van der Waals surface area contributed by atoms with Gasteiger partial charge in [-0.3, -0.25) is 4.99 Å². The first-order valence-corrected chi connectivity index (χ1v) is 16.6. The number of aliphatic imine (C=N–C) groups is 1. The van der Waals surface area contributed by atoms with Gasteiger partial charge < -0.3 is 10.5 Å². The normalized spacial score (nSPS) is 25.0. The minimum Gasteiger partial charge on any atom is -0.492 e. The van der Waals surface area contributed by atoms with Crippen LogP contribution in [0.2, 0.25) is 0 Å². The molecule has 0 saturated heterocycles. The van der Waals surface area contributed by atoms with E-state index in [0.29, 0.717) is 30.9 Å². The minimum absolute atomic E-state index is 0.307. The van der Waals surface area contributed by atoms with E-state index in [2.05, 4.69) is 92.4 Å². The molecule has 1 fully saturated rings. The predicted molar refractivity (Wildman–Crippen MR) is 187 cm³/mol. The lowest BCUT2D eigenvalue weighted by atomic mass is 9.87. The third kappa shape index (κ3) is 7.85. The molecular formula is C39H44N2OS. The zero-order valence-electron chi connectivity index (χ0n) is 25.6. The van der Waals surface area contributed by atoms with Gasteiger partial charge in [-0.15, -0.1) is 23.7 Å². The van der Waals surface area contributed by atoms with E-state index in [9.17, 15) is 0 Å². The van der Waals surface area contributed by atoms with Gasteiger partial charge in [-0.2, -0.15) is 0 Å². The van der Waals surface area contributed by atoms with Gasteiger partial charge >= 0.3 is 0 Å². The Balaban J connectivity index is 1.44. The summed E-state index contributed by atoms with van der Waals surface area (Å²) in [6.07, 6.45) is 29.2. The Morgan fingerprint density at radius 1 is 1.23 bits per heavy atom. The zero-order chi connectivity index (χ0) is 30.2. The van der Waals surface area contributed by atoms with Gasteiger partial charge in [0.1, 0.15) is 5.76 Å². The van der Waals surface area contributed by atoms with E-state index in [-0.39, 0.29) is 0 Å². The fraction of sp³-hybridized carbons (Fsp3) is 0.359. The molecule has 0 radical (unpaired) electrons. The number of ether oxygens (including phenoxy) is 1. The van der Waals surface area contributed by atoms with Gasteiger partial charge in [0.15, 0.2) is 0 Å². The van der Waals surface area contributed by atoms with Crippen LogP contribution in [0.15, 0.2) is 76.7 Å². The Bertz CT molecular complexity index is 1650. The van der Waals surface area contributed by atoms with E-state index >= 15 is 0 Å². The Labute approximate surface area is 261 Å². The van der Waals surface area contributed by atoms with Crippen molar-refractivity contribution in [1.29, 1.82) is 0 Å². The van der Waals surface area contributed by atoms with Crippen LogP contribution in [0.5, 0.6) is 0 Å². The van der Waals surface area contributed by atoms with Crippen molar-refractivity contribution in [2.24, 2.45) is 22.6 Å². The quantitative estimate of drug-likeness (QED) is 0.173. The topological polar surface area (TPSA) is 47.6 Å². The average Bonchev–Trinajstić information content (AvgIpc) is 3.68. The molecule has 3 atom stereocenters. The number of rotatable bonds is 10. The second-order valence-electron chi connectivity index (χ2n) is 12.0. The molecule has 0 amide bonds. The van der Waals surface area contributed by atoms with Gasteiger partial charge in [-0.25, -0.2) is 0 Å². The number of benzene rings is 1. The van der Waals surface area contributed by atoms with E-state index in [1.165, 1.54) is 40.0 Å². The van der Waals surface area contributed by atoms with Gasteiger partial charge in [0.25, 0.3) is 0 Å². The van der Waals surface area contributed by atoms with Gasteiger partial charge in [0.05, 0.1) is 17.2 Å². The van der Waals surface area contributed by atoms with Crippen molar-refractivity contribution < 1.29 is 4.74 Å². The number of hydrogen-bond acceptors (Lipinski definition) is 4. The lowest BCUT2D eigenvalue weighted by Gasteiger charge is -2.26. The fourth-order valence-corrected chi connectivity index (χ4v) is 7.00. The summed E-state index contributed by atoms with van der Waals surface area (Å²) < 4.78 is 6.17. The predicted octanol–water partition coefficient (Wildman–Crippen LogP) is 8.04. The molecule has 5 rings (SSSR count). The molecule has 1 aliphatic heterocycles. The van der Waals surface area contributed by atoms with Gasteiger partial charge in [0, 0.05) is 30.7 Å². The summed E-state index contributed by atoms with van der Waals surface area (Å²) in [7, 11) is 0. The maximum Gasteiger partial charge on any atom is 0.129 e. The molecule has 43 heavy (non-hydrogen) atoms. The monoisotopic (exact) mass is 588 g/mol. The molecule has 3 nitrogen and oxygen atoms in total. The summed E-state index contributed by atoms with van der Waals surface area (Å²) in [5.41, 5.74) is 13.1. The molecule has 1 aromatic heterocycles. The first-order valence-electron chi connectivity index (χ1n) is 15.7. The molecule has 2 aromatic rings. The van der Waals surface area contributed by atoms with Gasteiger partial charge in [-0.05, 0) is 100 Å². The summed E-state index contributed by atoms with van der Waals surface area (Å²) in [5, 5.41) is 4.69. The maximum atomic E-state index is 6.19. The van der Waals surface area contributed by atoms with Crippen LogP contribution < -0.4 is 16.2 Å². The average molecular weight is 589 g/mol. The Morgan fingerprint density at radius 3 is 2.93 bits per heavy atom. The van der Waals surface area contributed by atoms with Crippen molar-refractivity contribution in [2.45, 2.75) is 71.3 Å². The molecule has 0 bridgehead atoms. The molecule has 4 heteroatoms. The van der Waals surface area contributed by atoms with Crippen LogP contribution in [0.1, 0.15) is 81.2 Å². The molecular weight excluding hydrogens is 545 g/mol. The zero-order valence-corrected chi connectivity index (χ0v) is 26.5. The molecule has 2 aliphatic carbocycles. The van der Waals surface area contributed by atoms with E-state index in [0.717, 1.165) is 59.6 Å². The third-order valence-corrected chi connectivity index (χ3v) is 9.49. The lowest BCUT2D eigenvalue weighted by molar-refractivity contribution is 0.175. The van der Waals surface area contributed by atoms with E-state index in [1.54, 1.807) is 11.3 Å². The Morgan fingerprint density at radius 2 is 2.12 bits per heavy atom. The highest BCUT2D eigenvalue weighted by molar-refractivity contribution is 7.11. The van der Waals surface area contributed by atoms with Crippen LogP contribution in [0, 0.1) is 24.2 Å². The molecule has 2 N–H and O–H groups in total. The summed E-state index contributed by atoms with van der Waals surface area (Å²) in [4.78, 5) is 5.91. The maximum absolute atomic E-state index is 6.19. The molecule has 3 aliphatic rings. The highest BCUT2D eigenvalue weighted by Crippen LogP contribution is 2.33. The highest BCUT2D eigenvalue weighted by Gasteiger charge is 2.21. The van der Waals surface area contributed by atoms with Crippen molar-refractivity contribution in [1.82, 2.24) is 0 Å². The minimum atomic E-state index is 0.307. The summed E-state index contributed by atoms with van der Waals surface area (Å²) in [6.45, 7) is 9.39. The molecule has 1 saturated carbocycles. The first kappa shape index (κ1) is 30.8. The SMILES string of the molecule is C#CC/C(=C\C=C/CC)C1=C(c2ccc3/c(c2)=C\C(c2csc(C(=C)OCC4CCCC(N)C4)c2)=C/C(C)C/C=3)N=CC1. The number of nitrogens with two attached hydrogens (primary N) is 1. The number of fused-ring (bicyclic) bond motifs is 1. The van der Waals surface area contributed by atoms with Gasteiger partial charge in [0.2, 0.25) is 0 Å².